The van der Waals surface area contributed by atoms with Gasteiger partial charge in [0.15, 0.2) is 5.60 Å². The van der Waals surface area contributed by atoms with Gasteiger partial charge in [-0.25, -0.2) is 0 Å². The molecule has 2 unspecified atom stereocenters. The molecule has 3 heterocycles. The van der Waals surface area contributed by atoms with E-state index in [0.717, 1.165) is 5.56 Å². The zero-order valence-electron chi connectivity index (χ0n) is 15.3. The van der Waals surface area contributed by atoms with Gasteiger partial charge < -0.3 is 10.4 Å². The fourth-order valence-electron chi connectivity index (χ4n) is 3.53. The summed E-state index contributed by atoms with van der Waals surface area (Å²) in [5.74, 6) is -1.85. The quantitative estimate of drug-likeness (QED) is 0.623. The molecule has 0 fully saturated rings. The molecule has 4 rings (SSSR count). The molecule has 0 saturated heterocycles. The Morgan fingerprint density at radius 3 is 2.55 bits per heavy atom. The molecular formula is C20H17F3N4O2. The summed E-state index contributed by atoms with van der Waals surface area (Å²) in [6.45, 7) is 1.65. The second-order valence-electron chi connectivity index (χ2n) is 6.98. The summed E-state index contributed by atoms with van der Waals surface area (Å²) in [5, 5.41) is 19.2. The Balaban J connectivity index is 1.79. The number of benzene rings is 1. The number of amides is 1. The van der Waals surface area contributed by atoms with Crippen molar-refractivity contribution in [1.29, 1.82) is 0 Å². The molecule has 2 aromatic heterocycles. The van der Waals surface area contributed by atoms with Gasteiger partial charge in [-0.05, 0) is 12.1 Å². The van der Waals surface area contributed by atoms with Crippen LogP contribution >= 0.6 is 0 Å². The van der Waals surface area contributed by atoms with Crippen molar-refractivity contribution in [3.8, 4) is 11.3 Å². The molecule has 9 heteroatoms. The third-order valence-electron chi connectivity index (χ3n) is 5.05. The Bertz CT molecular complexity index is 1070. The van der Waals surface area contributed by atoms with Crippen LogP contribution in [0.3, 0.4) is 0 Å². The minimum Gasteiger partial charge on any atom is -0.376 e. The van der Waals surface area contributed by atoms with Gasteiger partial charge in [0.05, 0.1) is 23.4 Å². The fraction of sp³-hybridized carbons (Fsp3) is 0.250. The number of carbonyl (C=O) groups excluding carboxylic acids is 1. The number of nitrogens with one attached hydrogen (secondary N) is 2. The number of aliphatic hydroxyl groups is 1. The normalized spacial score (nSPS) is 20.1. The molecule has 0 aliphatic carbocycles. The van der Waals surface area contributed by atoms with Crippen LogP contribution < -0.4 is 5.32 Å². The number of alkyl halides is 3. The molecule has 2 atom stereocenters. The Morgan fingerprint density at radius 2 is 1.86 bits per heavy atom. The lowest BCUT2D eigenvalue weighted by molar-refractivity contribution is -0.267. The van der Waals surface area contributed by atoms with Crippen LogP contribution in [0.2, 0.25) is 0 Å². The number of aromatic amines is 1. The Kier molecular flexibility index (Phi) is 4.42. The van der Waals surface area contributed by atoms with E-state index in [1.807, 2.05) is 30.3 Å². The maximum Gasteiger partial charge on any atom is 0.422 e. The van der Waals surface area contributed by atoms with Crippen molar-refractivity contribution in [3.05, 3.63) is 65.5 Å². The van der Waals surface area contributed by atoms with E-state index in [0.29, 0.717) is 11.4 Å². The molecule has 1 aliphatic heterocycles. The molecule has 0 bridgehead atoms. The van der Waals surface area contributed by atoms with Crippen LogP contribution in [0.15, 0.2) is 48.5 Å². The first kappa shape index (κ1) is 19.1. The molecule has 1 aliphatic rings. The van der Waals surface area contributed by atoms with E-state index in [1.54, 1.807) is 25.1 Å². The van der Waals surface area contributed by atoms with E-state index in [4.69, 9.17) is 0 Å². The number of hydrogen-bond donors (Lipinski definition) is 3. The van der Waals surface area contributed by atoms with Crippen molar-refractivity contribution in [2.75, 3.05) is 5.32 Å². The molecule has 1 aromatic carbocycles. The lowest BCUT2D eigenvalue weighted by Gasteiger charge is -2.34. The van der Waals surface area contributed by atoms with E-state index in [9.17, 15) is 23.1 Å². The molecule has 1 amide bonds. The molecule has 6 nitrogen and oxygen atoms in total. The van der Waals surface area contributed by atoms with Gasteiger partial charge in [0.25, 0.3) is 0 Å². The number of fused-ring (bicyclic) bond motifs is 1. The standard InChI is InChI=1S/C20H17F3N4O2/c1-11(13-8-5-9-14(24-13)12-6-3-2-4-7-12)17-16-18(27-26-17)25-15(28)10-19(16,29)20(21,22)23/h2-9,11,29H,10H2,1H3,(H2,25,26,27,28). The third-order valence-corrected chi connectivity index (χ3v) is 5.05. The van der Waals surface area contributed by atoms with Gasteiger partial charge >= 0.3 is 6.18 Å². The van der Waals surface area contributed by atoms with Crippen LogP contribution in [0.25, 0.3) is 11.3 Å². The maximum absolute atomic E-state index is 13.7. The molecule has 0 radical (unpaired) electrons. The number of rotatable bonds is 3. The number of pyridine rings is 1. The summed E-state index contributed by atoms with van der Waals surface area (Å²) in [7, 11) is 0. The summed E-state index contributed by atoms with van der Waals surface area (Å²) >= 11 is 0. The van der Waals surface area contributed by atoms with Crippen molar-refractivity contribution in [3.63, 3.8) is 0 Å². The Morgan fingerprint density at radius 1 is 1.14 bits per heavy atom. The lowest BCUT2D eigenvalue weighted by atomic mass is 9.83. The van der Waals surface area contributed by atoms with Crippen LogP contribution in [-0.4, -0.2) is 32.4 Å². The predicted octanol–water partition coefficient (Wildman–Crippen LogP) is 3.72. The summed E-state index contributed by atoms with van der Waals surface area (Å²) in [6, 6.07) is 14.6. The van der Waals surface area contributed by atoms with Gasteiger partial charge in [0, 0.05) is 17.2 Å². The summed E-state index contributed by atoms with van der Waals surface area (Å²) < 4.78 is 41.1. The van der Waals surface area contributed by atoms with Crippen LogP contribution in [0, 0.1) is 0 Å². The lowest BCUT2D eigenvalue weighted by Crippen LogP contribution is -2.48. The molecule has 150 valence electrons. The summed E-state index contributed by atoms with van der Waals surface area (Å²) in [5.41, 5.74) is -1.79. The zero-order chi connectivity index (χ0) is 20.8. The van der Waals surface area contributed by atoms with Gasteiger partial charge in [-0.1, -0.05) is 43.3 Å². The van der Waals surface area contributed by atoms with Gasteiger partial charge in [-0.2, -0.15) is 18.3 Å². The first-order chi connectivity index (χ1) is 13.7. The Hall–Kier alpha value is -3.20. The van der Waals surface area contributed by atoms with Crippen LogP contribution in [0.1, 0.15) is 36.2 Å². The minimum absolute atomic E-state index is 0.0162. The van der Waals surface area contributed by atoms with Crippen molar-refractivity contribution >= 4 is 11.7 Å². The number of hydrogen-bond acceptors (Lipinski definition) is 4. The van der Waals surface area contributed by atoms with E-state index in [2.05, 4.69) is 20.5 Å². The maximum atomic E-state index is 13.7. The second kappa shape index (κ2) is 6.70. The topological polar surface area (TPSA) is 90.9 Å². The van der Waals surface area contributed by atoms with Crippen LogP contribution in [-0.2, 0) is 10.4 Å². The number of H-pyrrole nitrogens is 1. The van der Waals surface area contributed by atoms with E-state index in [-0.39, 0.29) is 11.5 Å². The van der Waals surface area contributed by atoms with Gasteiger partial charge in [0.1, 0.15) is 5.82 Å². The number of carbonyl (C=O) groups is 1. The fourth-order valence-corrected chi connectivity index (χ4v) is 3.53. The average molecular weight is 402 g/mol. The number of anilines is 1. The van der Waals surface area contributed by atoms with Crippen molar-refractivity contribution < 1.29 is 23.1 Å². The van der Waals surface area contributed by atoms with Crippen molar-refractivity contribution in [2.24, 2.45) is 0 Å². The molecule has 3 aromatic rings. The monoisotopic (exact) mass is 402 g/mol. The molecule has 0 saturated carbocycles. The molecule has 0 spiro atoms. The third kappa shape index (κ3) is 3.17. The van der Waals surface area contributed by atoms with Gasteiger partial charge in [-0.15, -0.1) is 0 Å². The molecule has 29 heavy (non-hydrogen) atoms. The summed E-state index contributed by atoms with van der Waals surface area (Å²) in [4.78, 5) is 16.3. The van der Waals surface area contributed by atoms with Crippen molar-refractivity contribution in [2.45, 2.75) is 31.0 Å². The first-order valence-corrected chi connectivity index (χ1v) is 8.91. The van der Waals surface area contributed by atoms with E-state index in [1.165, 1.54) is 0 Å². The van der Waals surface area contributed by atoms with E-state index >= 15 is 0 Å². The highest BCUT2D eigenvalue weighted by molar-refractivity contribution is 5.94. The molecular weight excluding hydrogens is 385 g/mol. The van der Waals surface area contributed by atoms with Gasteiger partial charge in [0.2, 0.25) is 5.91 Å². The smallest absolute Gasteiger partial charge is 0.376 e. The number of aromatic nitrogens is 3. The highest BCUT2D eigenvalue weighted by Crippen LogP contribution is 2.49. The SMILES string of the molecule is CC(c1cccc(-c2ccccc2)n1)c1n[nH]c2c1C(O)(C(F)(F)F)CC(=O)N2. The number of nitrogens with zero attached hydrogens (tertiary/aromatic N) is 2. The van der Waals surface area contributed by atoms with E-state index < -0.39 is 35.6 Å². The average Bonchev–Trinajstić information content (AvgIpc) is 3.12. The van der Waals surface area contributed by atoms with Crippen LogP contribution in [0.4, 0.5) is 19.0 Å². The van der Waals surface area contributed by atoms with Crippen molar-refractivity contribution in [1.82, 2.24) is 15.2 Å². The zero-order valence-corrected chi connectivity index (χ0v) is 15.3. The molecule has 3 N–H and O–H groups in total. The minimum atomic E-state index is -5.04. The first-order valence-electron chi connectivity index (χ1n) is 8.91. The summed E-state index contributed by atoms with van der Waals surface area (Å²) in [6.07, 6.45) is -6.17. The number of halogens is 3. The highest BCUT2D eigenvalue weighted by atomic mass is 19.4. The Labute approximate surface area is 163 Å². The highest BCUT2D eigenvalue weighted by Gasteiger charge is 2.61. The predicted molar refractivity (Wildman–Crippen MR) is 99.0 cm³/mol. The largest absolute Gasteiger partial charge is 0.422 e. The van der Waals surface area contributed by atoms with Crippen LogP contribution in [0.5, 0.6) is 0 Å². The van der Waals surface area contributed by atoms with Gasteiger partial charge in [-0.3, -0.25) is 14.9 Å². The second-order valence-corrected chi connectivity index (χ2v) is 6.98.